The topological polar surface area (TPSA) is 66.5 Å². The van der Waals surface area contributed by atoms with Crippen molar-refractivity contribution >= 4 is 17.7 Å². The Morgan fingerprint density at radius 3 is 2.60 bits per heavy atom. The highest BCUT2D eigenvalue weighted by Gasteiger charge is 2.43. The first-order chi connectivity index (χ1) is 9.23. The van der Waals surface area contributed by atoms with E-state index in [1.807, 2.05) is 0 Å². The van der Waals surface area contributed by atoms with Crippen molar-refractivity contribution in [3.8, 4) is 0 Å². The van der Waals surface area contributed by atoms with Crippen molar-refractivity contribution in [2.45, 2.75) is 26.3 Å². The third-order valence-electron chi connectivity index (χ3n) is 3.45. The molecule has 0 atom stereocenters. The molecule has 3 amide bonds. The standard InChI is InChI=1S/C14H15FN2O3/c1-8-4-5-9(6-10(8)15)12(19)17-7-11(18)16-13(20)14(17,2)3/h4-6H,7H2,1-3H3,(H,16,18,20). The first-order valence-electron chi connectivity index (χ1n) is 6.16. The molecule has 0 radical (unpaired) electrons. The number of nitrogens with zero attached hydrogens (tertiary/aromatic N) is 1. The van der Waals surface area contributed by atoms with Crippen LogP contribution in [0.4, 0.5) is 4.39 Å². The number of imide groups is 1. The van der Waals surface area contributed by atoms with Gasteiger partial charge in [0.1, 0.15) is 17.9 Å². The van der Waals surface area contributed by atoms with Crippen molar-refractivity contribution in [2.24, 2.45) is 0 Å². The van der Waals surface area contributed by atoms with Crippen LogP contribution in [0.15, 0.2) is 18.2 Å². The molecule has 20 heavy (non-hydrogen) atoms. The molecule has 106 valence electrons. The monoisotopic (exact) mass is 278 g/mol. The van der Waals surface area contributed by atoms with E-state index in [0.717, 1.165) is 11.0 Å². The van der Waals surface area contributed by atoms with E-state index < -0.39 is 29.1 Å². The van der Waals surface area contributed by atoms with Gasteiger partial charge in [-0.3, -0.25) is 19.7 Å². The van der Waals surface area contributed by atoms with Gasteiger partial charge in [0.15, 0.2) is 0 Å². The number of carbonyl (C=O) groups is 3. The number of hydrogen-bond acceptors (Lipinski definition) is 3. The summed E-state index contributed by atoms with van der Waals surface area (Å²) < 4.78 is 13.5. The summed E-state index contributed by atoms with van der Waals surface area (Å²) in [5.41, 5.74) is -0.622. The lowest BCUT2D eigenvalue weighted by Crippen LogP contribution is -2.65. The van der Waals surface area contributed by atoms with E-state index in [9.17, 15) is 18.8 Å². The van der Waals surface area contributed by atoms with Crippen LogP contribution in [0.3, 0.4) is 0 Å². The number of amides is 3. The van der Waals surface area contributed by atoms with Gasteiger partial charge >= 0.3 is 0 Å². The van der Waals surface area contributed by atoms with Crippen LogP contribution in [0, 0.1) is 12.7 Å². The van der Waals surface area contributed by atoms with Crippen molar-refractivity contribution in [3.05, 3.63) is 35.1 Å². The van der Waals surface area contributed by atoms with E-state index in [0.29, 0.717) is 5.56 Å². The van der Waals surface area contributed by atoms with Gasteiger partial charge in [-0.1, -0.05) is 6.07 Å². The second kappa shape index (κ2) is 4.70. The Labute approximate surface area is 115 Å². The third-order valence-corrected chi connectivity index (χ3v) is 3.45. The summed E-state index contributed by atoms with van der Waals surface area (Å²) in [5.74, 6) is -2.14. The van der Waals surface area contributed by atoms with Crippen LogP contribution in [0.25, 0.3) is 0 Å². The maximum atomic E-state index is 13.5. The molecule has 0 saturated carbocycles. The molecular weight excluding hydrogens is 263 g/mol. The van der Waals surface area contributed by atoms with E-state index >= 15 is 0 Å². The summed E-state index contributed by atoms with van der Waals surface area (Å²) in [6.07, 6.45) is 0. The zero-order chi connectivity index (χ0) is 15.1. The van der Waals surface area contributed by atoms with Crippen LogP contribution in [-0.4, -0.2) is 34.7 Å². The summed E-state index contributed by atoms with van der Waals surface area (Å²) in [6, 6.07) is 4.08. The molecule has 1 aromatic rings. The molecule has 2 rings (SSSR count). The van der Waals surface area contributed by atoms with E-state index in [1.165, 1.54) is 26.0 Å². The molecular formula is C14H15FN2O3. The third kappa shape index (κ3) is 2.29. The first-order valence-corrected chi connectivity index (χ1v) is 6.16. The molecule has 0 aromatic heterocycles. The van der Waals surface area contributed by atoms with Crippen LogP contribution < -0.4 is 5.32 Å². The highest BCUT2D eigenvalue weighted by molar-refractivity contribution is 6.08. The Balaban J connectivity index is 2.38. The zero-order valence-corrected chi connectivity index (χ0v) is 11.5. The molecule has 1 N–H and O–H groups in total. The normalized spacial score (nSPS) is 17.9. The second-order valence-corrected chi connectivity index (χ2v) is 5.29. The number of aryl methyl sites for hydroxylation is 1. The number of carbonyl (C=O) groups excluding carboxylic acids is 3. The molecule has 1 aromatic carbocycles. The van der Waals surface area contributed by atoms with Gasteiger partial charge in [-0.15, -0.1) is 0 Å². The summed E-state index contributed by atoms with van der Waals surface area (Å²) in [5, 5.41) is 2.18. The molecule has 1 fully saturated rings. The van der Waals surface area contributed by atoms with Crippen molar-refractivity contribution in [1.82, 2.24) is 10.2 Å². The molecule has 1 saturated heterocycles. The second-order valence-electron chi connectivity index (χ2n) is 5.29. The molecule has 6 heteroatoms. The van der Waals surface area contributed by atoms with Crippen molar-refractivity contribution in [2.75, 3.05) is 6.54 Å². The predicted molar refractivity (Wildman–Crippen MR) is 69.4 cm³/mol. The molecule has 1 aliphatic heterocycles. The summed E-state index contributed by atoms with van der Waals surface area (Å²) >= 11 is 0. The fourth-order valence-electron chi connectivity index (χ4n) is 1.99. The molecule has 0 spiro atoms. The van der Waals surface area contributed by atoms with Gasteiger partial charge in [0, 0.05) is 5.56 Å². The van der Waals surface area contributed by atoms with Crippen LogP contribution in [0.1, 0.15) is 29.8 Å². The van der Waals surface area contributed by atoms with Crippen LogP contribution in [-0.2, 0) is 9.59 Å². The lowest BCUT2D eigenvalue weighted by Gasteiger charge is -2.40. The van der Waals surface area contributed by atoms with Crippen molar-refractivity contribution in [1.29, 1.82) is 0 Å². The van der Waals surface area contributed by atoms with Gasteiger partial charge in [0.05, 0.1) is 0 Å². The summed E-state index contributed by atoms with van der Waals surface area (Å²) in [4.78, 5) is 36.8. The van der Waals surface area contributed by atoms with Gasteiger partial charge in [0.2, 0.25) is 5.91 Å². The maximum absolute atomic E-state index is 13.5. The minimum Gasteiger partial charge on any atom is -0.315 e. The van der Waals surface area contributed by atoms with Crippen molar-refractivity contribution in [3.63, 3.8) is 0 Å². The van der Waals surface area contributed by atoms with E-state index in [2.05, 4.69) is 5.32 Å². The van der Waals surface area contributed by atoms with Crippen molar-refractivity contribution < 1.29 is 18.8 Å². The van der Waals surface area contributed by atoms with Gasteiger partial charge in [-0.2, -0.15) is 0 Å². The lowest BCUT2D eigenvalue weighted by molar-refractivity contribution is -0.143. The Bertz CT molecular complexity index is 610. The van der Waals surface area contributed by atoms with E-state index in [1.54, 1.807) is 6.92 Å². The number of hydrogen-bond donors (Lipinski definition) is 1. The van der Waals surface area contributed by atoms with E-state index in [4.69, 9.17) is 0 Å². The van der Waals surface area contributed by atoms with Gasteiger partial charge in [-0.05, 0) is 38.5 Å². The Hall–Kier alpha value is -2.24. The van der Waals surface area contributed by atoms with Gasteiger partial charge in [-0.25, -0.2) is 4.39 Å². The average Bonchev–Trinajstić information content (AvgIpc) is 2.36. The SMILES string of the molecule is Cc1ccc(C(=O)N2CC(=O)NC(=O)C2(C)C)cc1F. The summed E-state index contributed by atoms with van der Waals surface area (Å²) in [6.45, 7) is 4.44. The smallest absolute Gasteiger partial charge is 0.255 e. The minimum atomic E-state index is -1.16. The largest absolute Gasteiger partial charge is 0.315 e. The van der Waals surface area contributed by atoms with Crippen LogP contribution >= 0.6 is 0 Å². The minimum absolute atomic E-state index is 0.115. The van der Waals surface area contributed by atoms with Crippen LogP contribution in [0.2, 0.25) is 0 Å². The fraction of sp³-hybridized carbons (Fsp3) is 0.357. The molecule has 1 heterocycles. The molecule has 0 unspecified atom stereocenters. The Morgan fingerprint density at radius 1 is 1.35 bits per heavy atom. The van der Waals surface area contributed by atoms with Crippen LogP contribution in [0.5, 0.6) is 0 Å². The van der Waals surface area contributed by atoms with E-state index in [-0.39, 0.29) is 12.1 Å². The first kappa shape index (κ1) is 14.2. The number of piperazine rings is 1. The number of halogens is 1. The number of rotatable bonds is 1. The Kier molecular flexibility index (Phi) is 3.33. The quantitative estimate of drug-likeness (QED) is 0.780. The molecule has 1 aliphatic rings. The zero-order valence-electron chi connectivity index (χ0n) is 11.5. The lowest BCUT2D eigenvalue weighted by atomic mass is 9.97. The predicted octanol–water partition coefficient (Wildman–Crippen LogP) is 1.01. The average molecular weight is 278 g/mol. The number of benzene rings is 1. The fourth-order valence-corrected chi connectivity index (χ4v) is 1.99. The maximum Gasteiger partial charge on any atom is 0.255 e. The molecule has 0 bridgehead atoms. The summed E-state index contributed by atoms with van der Waals surface area (Å²) in [7, 11) is 0. The number of nitrogens with one attached hydrogen (secondary N) is 1. The molecule has 5 nitrogen and oxygen atoms in total. The highest BCUT2D eigenvalue weighted by atomic mass is 19.1. The Morgan fingerprint density at radius 2 is 2.00 bits per heavy atom. The molecule has 0 aliphatic carbocycles. The van der Waals surface area contributed by atoms with Gasteiger partial charge < -0.3 is 4.90 Å². The van der Waals surface area contributed by atoms with Gasteiger partial charge in [0.25, 0.3) is 11.8 Å². The highest BCUT2D eigenvalue weighted by Crippen LogP contribution is 2.22.